The molecule has 0 aliphatic heterocycles. The SMILES string of the molecule is Cc1ccc(C(=O)O[C@H](C)C(=O)Nc2ccc(C#N)c(Cl)c2)cc1[N+](=O)[O-]. The molecule has 1 atom stereocenters. The molecule has 0 aromatic heterocycles. The van der Waals surface area contributed by atoms with Crippen molar-refractivity contribution in [2.24, 2.45) is 0 Å². The van der Waals surface area contributed by atoms with E-state index in [2.05, 4.69) is 5.32 Å². The molecule has 2 aromatic carbocycles. The molecule has 0 spiro atoms. The van der Waals surface area contributed by atoms with Gasteiger partial charge in [-0.25, -0.2) is 4.79 Å². The lowest BCUT2D eigenvalue weighted by atomic mass is 10.1. The summed E-state index contributed by atoms with van der Waals surface area (Å²) in [6.07, 6.45) is -1.16. The van der Waals surface area contributed by atoms with Gasteiger partial charge in [-0.1, -0.05) is 17.7 Å². The molecular formula is C18H14ClN3O5. The molecule has 27 heavy (non-hydrogen) atoms. The van der Waals surface area contributed by atoms with Crippen molar-refractivity contribution in [2.75, 3.05) is 5.32 Å². The summed E-state index contributed by atoms with van der Waals surface area (Å²) in [4.78, 5) is 34.7. The second-order valence-electron chi connectivity index (χ2n) is 5.60. The monoisotopic (exact) mass is 387 g/mol. The van der Waals surface area contributed by atoms with Crippen LogP contribution >= 0.6 is 11.6 Å². The molecular weight excluding hydrogens is 374 g/mol. The zero-order valence-corrected chi connectivity index (χ0v) is 15.1. The van der Waals surface area contributed by atoms with E-state index in [0.717, 1.165) is 6.07 Å². The largest absolute Gasteiger partial charge is 0.449 e. The fraction of sp³-hybridized carbons (Fsp3) is 0.167. The summed E-state index contributed by atoms with van der Waals surface area (Å²) in [6.45, 7) is 2.91. The number of nitro benzene ring substituents is 1. The second kappa shape index (κ2) is 8.29. The Morgan fingerprint density at radius 3 is 2.59 bits per heavy atom. The number of carbonyl (C=O) groups excluding carboxylic acids is 2. The van der Waals surface area contributed by atoms with Crippen molar-refractivity contribution in [3.8, 4) is 6.07 Å². The van der Waals surface area contributed by atoms with Crippen LogP contribution in [-0.4, -0.2) is 22.9 Å². The Bertz CT molecular complexity index is 968. The first-order valence-corrected chi connectivity index (χ1v) is 8.07. The van der Waals surface area contributed by atoms with E-state index in [1.165, 1.54) is 37.3 Å². The third-order valence-electron chi connectivity index (χ3n) is 3.65. The van der Waals surface area contributed by atoms with Crippen molar-refractivity contribution in [2.45, 2.75) is 20.0 Å². The van der Waals surface area contributed by atoms with E-state index in [1.54, 1.807) is 6.92 Å². The van der Waals surface area contributed by atoms with Crippen molar-refractivity contribution in [3.63, 3.8) is 0 Å². The minimum Gasteiger partial charge on any atom is -0.449 e. The van der Waals surface area contributed by atoms with Crippen LogP contribution in [-0.2, 0) is 9.53 Å². The normalized spacial score (nSPS) is 11.2. The third-order valence-corrected chi connectivity index (χ3v) is 3.96. The summed E-state index contributed by atoms with van der Waals surface area (Å²) in [7, 11) is 0. The van der Waals surface area contributed by atoms with Crippen LogP contribution in [0.15, 0.2) is 36.4 Å². The van der Waals surface area contributed by atoms with Gasteiger partial charge in [0.25, 0.3) is 11.6 Å². The highest BCUT2D eigenvalue weighted by molar-refractivity contribution is 6.32. The molecule has 2 rings (SSSR count). The average Bonchev–Trinajstić information content (AvgIpc) is 2.61. The number of ether oxygens (including phenoxy) is 1. The molecule has 0 aliphatic carbocycles. The molecule has 8 nitrogen and oxygen atoms in total. The lowest BCUT2D eigenvalue weighted by molar-refractivity contribution is -0.385. The number of esters is 1. The minimum atomic E-state index is -1.16. The van der Waals surface area contributed by atoms with Crippen molar-refractivity contribution in [1.82, 2.24) is 0 Å². The molecule has 0 saturated heterocycles. The Morgan fingerprint density at radius 2 is 2.00 bits per heavy atom. The Hall–Kier alpha value is -3.44. The molecule has 0 saturated carbocycles. The molecule has 0 aliphatic rings. The zero-order chi connectivity index (χ0) is 20.1. The van der Waals surface area contributed by atoms with E-state index in [4.69, 9.17) is 21.6 Å². The standard InChI is InChI=1S/C18H14ClN3O5/c1-10-3-4-12(7-16(10)22(25)26)18(24)27-11(2)17(23)21-14-6-5-13(9-20)15(19)8-14/h3-8,11H,1-2H3,(H,21,23)/t11-/m1/s1. The Labute approximate surface area is 159 Å². The Morgan fingerprint density at radius 1 is 1.30 bits per heavy atom. The molecule has 0 heterocycles. The molecule has 138 valence electrons. The lowest BCUT2D eigenvalue weighted by Crippen LogP contribution is -2.30. The Kier molecular flexibility index (Phi) is 6.11. The molecule has 1 N–H and O–H groups in total. The topological polar surface area (TPSA) is 122 Å². The van der Waals surface area contributed by atoms with Crippen LogP contribution in [0.25, 0.3) is 0 Å². The minimum absolute atomic E-state index is 0.0339. The number of nitro groups is 1. The molecule has 9 heteroatoms. The zero-order valence-electron chi connectivity index (χ0n) is 14.4. The second-order valence-corrected chi connectivity index (χ2v) is 6.01. The summed E-state index contributed by atoms with van der Waals surface area (Å²) in [5, 5.41) is 22.5. The summed E-state index contributed by atoms with van der Waals surface area (Å²) in [6, 6.07) is 10.1. The number of hydrogen-bond donors (Lipinski definition) is 1. The van der Waals surface area contributed by atoms with E-state index in [9.17, 15) is 19.7 Å². The smallest absolute Gasteiger partial charge is 0.339 e. The van der Waals surface area contributed by atoms with Crippen LogP contribution in [0.1, 0.15) is 28.4 Å². The van der Waals surface area contributed by atoms with Crippen molar-refractivity contribution in [1.29, 1.82) is 5.26 Å². The van der Waals surface area contributed by atoms with Crippen LogP contribution in [0, 0.1) is 28.4 Å². The van der Waals surface area contributed by atoms with Crippen LogP contribution in [0.3, 0.4) is 0 Å². The van der Waals surface area contributed by atoms with Gasteiger partial charge in [0.05, 0.1) is 21.1 Å². The number of nitrogens with zero attached hydrogens (tertiary/aromatic N) is 2. The van der Waals surface area contributed by atoms with Gasteiger partial charge < -0.3 is 10.1 Å². The van der Waals surface area contributed by atoms with Crippen LogP contribution in [0.4, 0.5) is 11.4 Å². The number of rotatable bonds is 5. The highest BCUT2D eigenvalue weighted by Crippen LogP contribution is 2.22. The highest BCUT2D eigenvalue weighted by atomic mass is 35.5. The van der Waals surface area contributed by atoms with Gasteiger partial charge >= 0.3 is 5.97 Å². The van der Waals surface area contributed by atoms with Crippen LogP contribution < -0.4 is 5.32 Å². The van der Waals surface area contributed by atoms with Crippen molar-refractivity contribution < 1.29 is 19.2 Å². The van der Waals surface area contributed by atoms with E-state index < -0.39 is 22.9 Å². The number of carbonyl (C=O) groups is 2. The van der Waals surface area contributed by atoms with Crippen LogP contribution in [0.5, 0.6) is 0 Å². The summed E-state index contributed by atoms with van der Waals surface area (Å²) < 4.78 is 5.06. The highest BCUT2D eigenvalue weighted by Gasteiger charge is 2.21. The van der Waals surface area contributed by atoms with Crippen LogP contribution in [0.2, 0.25) is 5.02 Å². The molecule has 0 fully saturated rings. The number of aryl methyl sites for hydroxylation is 1. The molecule has 2 aromatic rings. The number of hydrogen-bond acceptors (Lipinski definition) is 6. The van der Waals surface area contributed by atoms with Gasteiger partial charge in [-0.15, -0.1) is 0 Å². The number of amides is 1. The number of benzene rings is 2. The maximum absolute atomic E-state index is 12.2. The average molecular weight is 388 g/mol. The maximum Gasteiger partial charge on any atom is 0.339 e. The quantitative estimate of drug-likeness (QED) is 0.475. The number of halogens is 1. The van der Waals surface area contributed by atoms with E-state index in [-0.39, 0.29) is 21.8 Å². The predicted molar refractivity (Wildman–Crippen MR) is 97.5 cm³/mol. The van der Waals surface area contributed by atoms with E-state index >= 15 is 0 Å². The van der Waals surface area contributed by atoms with E-state index in [0.29, 0.717) is 11.3 Å². The molecule has 0 unspecified atom stereocenters. The maximum atomic E-state index is 12.2. The summed E-state index contributed by atoms with van der Waals surface area (Å²) >= 11 is 5.90. The van der Waals surface area contributed by atoms with Gasteiger partial charge in [0.1, 0.15) is 6.07 Å². The van der Waals surface area contributed by atoms with Gasteiger partial charge in [0.2, 0.25) is 0 Å². The molecule has 0 bridgehead atoms. The van der Waals surface area contributed by atoms with Gasteiger partial charge in [0, 0.05) is 17.3 Å². The number of nitriles is 1. The first-order chi connectivity index (χ1) is 12.7. The number of nitrogens with one attached hydrogen (secondary N) is 1. The number of anilines is 1. The molecule has 0 radical (unpaired) electrons. The third kappa shape index (κ3) is 4.80. The Balaban J connectivity index is 2.07. The molecule has 1 amide bonds. The van der Waals surface area contributed by atoms with Gasteiger partial charge in [-0.3, -0.25) is 14.9 Å². The fourth-order valence-corrected chi connectivity index (χ4v) is 2.37. The fourth-order valence-electron chi connectivity index (χ4n) is 2.14. The van der Waals surface area contributed by atoms with Crippen molar-refractivity contribution >= 4 is 34.9 Å². The van der Waals surface area contributed by atoms with Gasteiger partial charge in [-0.2, -0.15) is 5.26 Å². The first-order valence-electron chi connectivity index (χ1n) is 7.69. The van der Waals surface area contributed by atoms with Gasteiger partial charge in [0.15, 0.2) is 6.10 Å². The first kappa shape index (κ1) is 19.9. The van der Waals surface area contributed by atoms with Gasteiger partial charge in [-0.05, 0) is 38.1 Å². The summed E-state index contributed by atoms with van der Waals surface area (Å²) in [5.74, 6) is -1.48. The predicted octanol–water partition coefficient (Wildman–Crippen LogP) is 3.61. The van der Waals surface area contributed by atoms with Crippen molar-refractivity contribution in [3.05, 3.63) is 68.2 Å². The lowest BCUT2D eigenvalue weighted by Gasteiger charge is -2.14. The van der Waals surface area contributed by atoms with E-state index in [1.807, 2.05) is 6.07 Å². The summed E-state index contributed by atoms with van der Waals surface area (Å²) in [5.41, 5.74) is 0.746.